The highest BCUT2D eigenvalue weighted by Gasteiger charge is 2.32. The number of benzene rings is 2. The Morgan fingerprint density at radius 3 is 2.16 bits per heavy atom. The van der Waals surface area contributed by atoms with Gasteiger partial charge in [0.2, 0.25) is 0 Å². The Labute approximate surface area is 145 Å². The third kappa shape index (κ3) is 2.95. The van der Waals surface area contributed by atoms with Crippen LogP contribution in [0.1, 0.15) is 5.56 Å². The Morgan fingerprint density at radius 1 is 0.960 bits per heavy atom. The number of primary sulfonamides is 1. The number of rotatable bonds is 5. The first-order chi connectivity index (χ1) is 11.8. The minimum atomic E-state index is -4.34. The summed E-state index contributed by atoms with van der Waals surface area (Å²) in [5.74, 6) is 0. The zero-order valence-corrected chi connectivity index (χ0v) is 14.9. The van der Waals surface area contributed by atoms with Gasteiger partial charge in [-0.2, -0.15) is 0 Å². The van der Waals surface area contributed by atoms with Gasteiger partial charge in [0.25, 0.3) is 20.0 Å². The monoisotopic (exact) mass is 380 g/mol. The molecule has 2 N–H and O–H groups in total. The van der Waals surface area contributed by atoms with Gasteiger partial charge in [0.1, 0.15) is 0 Å². The summed E-state index contributed by atoms with van der Waals surface area (Å²) >= 11 is 0. The molecule has 132 valence electrons. The number of ether oxygens (including phenoxy) is 1. The number of nitrogens with zero attached hydrogens (tertiary/aromatic N) is 1. The van der Waals surface area contributed by atoms with Gasteiger partial charge in [-0.15, -0.1) is 0 Å². The average Bonchev–Trinajstić information content (AvgIpc) is 2.92. The summed E-state index contributed by atoms with van der Waals surface area (Å²) in [5.41, 5.74) is 0.433. The Balaban J connectivity index is 2.51. The van der Waals surface area contributed by atoms with Gasteiger partial charge in [-0.3, -0.25) is 0 Å². The fraction of sp³-hybridized carbons (Fsp3) is 0.125. The molecule has 0 radical (unpaired) electrons. The third-order valence-corrected chi connectivity index (χ3v) is 6.54. The van der Waals surface area contributed by atoms with Crippen LogP contribution in [0.2, 0.25) is 0 Å². The number of aromatic nitrogens is 1. The molecule has 1 aromatic heterocycles. The molecule has 3 rings (SSSR count). The molecule has 1 heterocycles. The van der Waals surface area contributed by atoms with E-state index in [1.807, 2.05) is 0 Å². The van der Waals surface area contributed by atoms with Crippen molar-refractivity contribution in [1.29, 1.82) is 0 Å². The lowest BCUT2D eigenvalue weighted by molar-refractivity contribution is 0.183. The van der Waals surface area contributed by atoms with Gasteiger partial charge in [0.15, 0.2) is 5.03 Å². The van der Waals surface area contributed by atoms with Crippen molar-refractivity contribution >= 4 is 30.9 Å². The Morgan fingerprint density at radius 2 is 1.56 bits per heavy atom. The second-order valence-electron chi connectivity index (χ2n) is 5.36. The number of nitrogens with two attached hydrogens (primary N) is 1. The van der Waals surface area contributed by atoms with Gasteiger partial charge < -0.3 is 4.74 Å². The molecular formula is C16H16N2O5S2. The number of hydrogen-bond donors (Lipinski definition) is 1. The maximum absolute atomic E-state index is 13.1. The van der Waals surface area contributed by atoms with Gasteiger partial charge in [-0.25, -0.2) is 25.9 Å². The quantitative estimate of drug-likeness (QED) is 0.724. The van der Waals surface area contributed by atoms with Gasteiger partial charge in [0.05, 0.1) is 17.0 Å². The molecule has 7 nitrogen and oxygen atoms in total. The predicted molar refractivity (Wildman–Crippen MR) is 93.1 cm³/mol. The SMILES string of the molecule is COCc1c(S(N)(=O)=O)n(S(=O)(=O)c2ccccc2)c2ccccc12. The van der Waals surface area contributed by atoms with Crippen LogP contribution in [-0.4, -0.2) is 27.9 Å². The molecule has 0 saturated heterocycles. The first-order valence-electron chi connectivity index (χ1n) is 7.23. The van der Waals surface area contributed by atoms with Crippen LogP contribution < -0.4 is 5.14 Å². The summed E-state index contributed by atoms with van der Waals surface area (Å²) in [4.78, 5) is -0.0374. The number of hydrogen-bond acceptors (Lipinski definition) is 5. The van der Waals surface area contributed by atoms with Crippen molar-refractivity contribution in [1.82, 2.24) is 3.97 Å². The first kappa shape index (κ1) is 17.6. The van der Waals surface area contributed by atoms with Crippen molar-refractivity contribution in [3.8, 4) is 0 Å². The minimum absolute atomic E-state index is 0.0374. The molecule has 0 aliphatic rings. The van der Waals surface area contributed by atoms with Crippen molar-refractivity contribution in [3.05, 3.63) is 60.2 Å². The number of fused-ring (bicyclic) bond motifs is 1. The van der Waals surface area contributed by atoms with Gasteiger partial charge in [-0.05, 0) is 18.2 Å². The lowest BCUT2D eigenvalue weighted by Gasteiger charge is -2.11. The van der Waals surface area contributed by atoms with Gasteiger partial charge in [-0.1, -0.05) is 36.4 Å². The van der Waals surface area contributed by atoms with E-state index in [2.05, 4.69) is 0 Å². The van der Waals surface area contributed by atoms with E-state index in [4.69, 9.17) is 9.88 Å². The van der Waals surface area contributed by atoms with Gasteiger partial charge in [0, 0.05) is 18.1 Å². The highest BCUT2D eigenvalue weighted by Crippen LogP contribution is 2.33. The van der Waals surface area contributed by atoms with Crippen molar-refractivity contribution in [2.75, 3.05) is 7.11 Å². The van der Waals surface area contributed by atoms with E-state index in [1.165, 1.54) is 25.3 Å². The summed E-state index contributed by atoms with van der Waals surface area (Å²) in [6.45, 7) is -0.0937. The van der Waals surface area contributed by atoms with E-state index in [9.17, 15) is 16.8 Å². The molecule has 0 atom stereocenters. The molecule has 0 fully saturated rings. The van der Waals surface area contributed by atoms with Crippen LogP contribution in [-0.2, 0) is 31.4 Å². The smallest absolute Gasteiger partial charge is 0.269 e. The molecule has 0 unspecified atom stereocenters. The molecule has 0 aliphatic carbocycles. The second-order valence-corrected chi connectivity index (χ2v) is 8.62. The molecule has 3 aromatic rings. The van der Waals surface area contributed by atoms with Crippen molar-refractivity contribution in [2.45, 2.75) is 16.5 Å². The fourth-order valence-corrected chi connectivity index (χ4v) is 5.67. The van der Waals surface area contributed by atoms with E-state index in [0.29, 0.717) is 5.39 Å². The van der Waals surface area contributed by atoms with Crippen LogP contribution in [0.4, 0.5) is 0 Å². The molecule has 9 heteroatoms. The van der Waals surface area contributed by atoms with E-state index in [0.717, 1.165) is 3.97 Å². The van der Waals surface area contributed by atoms with Crippen LogP contribution in [0.15, 0.2) is 64.5 Å². The molecule has 2 aromatic carbocycles. The number of methoxy groups -OCH3 is 1. The summed E-state index contributed by atoms with van der Waals surface area (Å²) in [5, 5.41) is 5.32. The average molecular weight is 380 g/mol. The van der Waals surface area contributed by atoms with Crippen molar-refractivity contribution in [2.24, 2.45) is 5.14 Å². The van der Waals surface area contributed by atoms with Crippen LogP contribution in [0, 0.1) is 0 Å². The molecule has 25 heavy (non-hydrogen) atoms. The lowest BCUT2D eigenvalue weighted by atomic mass is 10.2. The Hall–Kier alpha value is -2.20. The van der Waals surface area contributed by atoms with Crippen molar-refractivity contribution in [3.63, 3.8) is 0 Å². The predicted octanol–water partition coefficient (Wildman–Crippen LogP) is 1.67. The summed E-state index contributed by atoms with van der Waals surface area (Å²) in [7, 11) is -7.12. The fourth-order valence-electron chi connectivity index (χ4n) is 2.76. The first-order valence-corrected chi connectivity index (χ1v) is 10.2. The van der Waals surface area contributed by atoms with Crippen LogP contribution in [0.5, 0.6) is 0 Å². The zero-order valence-electron chi connectivity index (χ0n) is 13.3. The van der Waals surface area contributed by atoms with Crippen LogP contribution in [0.25, 0.3) is 10.9 Å². The molecule has 0 saturated carbocycles. The zero-order chi connectivity index (χ0) is 18.2. The third-order valence-electron chi connectivity index (χ3n) is 3.73. The van der Waals surface area contributed by atoms with E-state index in [-0.39, 0.29) is 22.6 Å². The van der Waals surface area contributed by atoms with Crippen molar-refractivity contribution < 1.29 is 21.6 Å². The summed E-state index contributed by atoms with van der Waals surface area (Å²) < 4.78 is 56.6. The molecule has 0 amide bonds. The molecule has 0 aliphatic heterocycles. The standard InChI is InChI=1S/C16H16N2O5S2/c1-23-11-14-13-9-5-6-10-15(13)18(16(14)24(17,19)20)25(21,22)12-7-3-2-4-8-12/h2-10H,11H2,1H3,(H2,17,19,20). The van der Waals surface area contributed by atoms with Crippen LogP contribution >= 0.6 is 0 Å². The molecule has 0 bridgehead atoms. The van der Waals surface area contributed by atoms with E-state index in [1.54, 1.807) is 36.4 Å². The maximum Gasteiger partial charge on any atom is 0.269 e. The van der Waals surface area contributed by atoms with Gasteiger partial charge >= 0.3 is 0 Å². The number of sulfonamides is 1. The Bertz CT molecular complexity index is 1130. The molecular weight excluding hydrogens is 364 g/mol. The van der Waals surface area contributed by atoms with E-state index >= 15 is 0 Å². The summed E-state index contributed by atoms with van der Waals surface area (Å²) in [6.07, 6.45) is 0. The van der Waals surface area contributed by atoms with E-state index < -0.39 is 25.1 Å². The van der Waals surface area contributed by atoms with Crippen LogP contribution in [0.3, 0.4) is 0 Å². The molecule has 0 spiro atoms. The lowest BCUT2D eigenvalue weighted by Crippen LogP contribution is -2.23. The Kier molecular flexibility index (Phi) is 4.41. The normalized spacial score (nSPS) is 12.6. The maximum atomic E-state index is 13.1. The highest BCUT2D eigenvalue weighted by atomic mass is 32.2. The largest absolute Gasteiger partial charge is 0.380 e. The summed E-state index contributed by atoms with van der Waals surface area (Å²) in [6, 6.07) is 14.1. The highest BCUT2D eigenvalue weighted by molar-refractivity contribution is 7.92. The number of para-hydroxylation sites is 1. The topological polar surface area (TPSA) is 108 Å². The minimum Gasteiger partial charge on any atom is -0.380 e. The second kappa shape index (κ2) is 6.26.